The van der Waals surface area contributed by atoms with Crippen LogP contribution in [0.1, 0.15) is 17.9 Å². The molecule has 1 radical (unpaired) electrons. The molecule has 0 saturated heterocycles. The van der Waals surface area contributed by atoms with Gasteiger partial charge in [-0.1, -0.05) is 7.43 Å². The molecule has 0 fully saturated rings. The van der Waals surface area contributed by atoms with Gasteiger partial charge in [-0.05, 0) is 11.6 Å². The number of primary amides is 1. The topological polar surface area (TPSA) is 116 Å². The maximum Gasteiger partial charge on any atom is 0.267 e. The molecule has 0 aromatic carbocycles. The molecule has 4 N–H and O–H groups in total. The molecule has 0 spiro atoms. The van der Waals surface area contributed by atoms with E-state index in [1.54, 1.807) is 0 Å². The van der Waals surface area contributed by atoms with Gasteiger partial charge in [-0.25, -0.2) is 0 Å². The summed E-state index contributed by atoms with van der Waals surface area (Å²) in [6.07, 6.45) is 1.07. The fourth-order valence-corrected chi connectivity index (χ4v) is 0.569. The second-order valence-corrected chi connectivity index (χ2v) is 1.82. The zero-order chi connectivity index (χ0) is 8.43. The summed E-state index contributed by atoms with van der Waals surface area (Å²) in [6.45, 7) is 0. The van der Waals surface area contributed by atoms with Crippen LogP contribution in [0.5, 0.6) is 0 Å². The van der Waals surface area contributed by atoms with Crippen LogP contribution in [0.2, 0.25) is 0 Å². The first-order valence-corrected chi connectivity index (χ1v) is 2.71. The number of nitrogens with zero attached hydrogens (tertiary/aromatic N) is 2. The Labute approximate surface area is 122 Å². The Morgan fingerprint density at radius 3 is 2.29 bits per heavy atom. The van der Waals surface area contributed by atoms with Gasteiger partial charge in [0.2, 0.25) is 0 Å². The van der Waals surface area contributed by atoms with Crippen LogP contribution in [0.3, 0.4) is 0 Å². The van der Waals surface area contributed by atoms with E-state index in [1.807, 2.05) is 0 Å². The molecular formula is C6H9N5OWY-2. The number of hydrogen-bond donors (Lipinski definition) is 1. The van der Waals surface area contributed by atoms with Crippen LogP contribution in [0, 0.1) is 0 Å². The quantitative estimate of drug-likeness (QED) is 0.715. The largest absolute Gasteiger partial charge is 0.481 e. The van der Waals surface area contributed by atoms with Gasteiger partial charge in [-0.3, -0.25) is 9.78 Å². The molecule has 1 amide bonds. The van der Waals surface area contributed by atoms with Gasteiger partial charge in [0.15, 0.2) is 0 Å². The van der Waals surface area contributed by atoms with Crippen LogP contribution < -0.4 is 5.73 Å². The zero-order valence-electron chi connectivity index (χ0n) is 6.44. The first-order chi connectivity index (χ1) is 5.11. The van der Waals surface area contributed by atoms with Crippen molar-refractivity contribution < 1.29 is 58.6 Å². The third-order valence-electron chi connectivity index (χ3n) is 1.01. The molecule has 1 rings (SSSR count). The maximum absolute atomic E-state index is 10.5. The number of nitrogens with one attached hydrogen (secondary N) is 2. The predicted octanol–water partition coefficient (Wildman–Crippen LogP) is 1.57. The summed E-state index contributed by atoms with van der Waals surface area (Å²) >= 11 is 0. The van der Waals surface area contributed by atoms with E-state index in [1.165, 1.54) is 0 Å². The van der Waals surface area contributed by atoms with Gasteiger partial charge in [0.25, 0.3) is 5.91 Å². The first kappa shape index (κ1) is 19.5. The van der Waals surface area contributed by atoms with Gasteiger partial charge in [-0.2, -0.15) is 0 Å². The average molecular weight is 440 g/mol. The smallest absolute Gasteiger partial charge is 0.267 e. The van der Waals surface area contributed by atoms with Crippen molar-refractivity contribution in [2.24, 2.45) is 5.73 Å². The van der Waals surface area contributed by atoms with Gasteiger partial charge in [0.1, 0.15) is 5.69 Å². The van der Waals surface area contributed by atoms with Crippen LogP contribution >= 0.6 is 0 Å². The van der Waals surface area contributed by atoms with Gasteiger partial charge >= 0.3 is 0 Å². The number of aromatic nitrogens is 2. The minimum Gasteiger partial charge on any atom is -0.481 e. The maximum atomic E-state index is 10.5. The Kier molecular flexibility index (Phi) is 11.5. The molecule has 0 aliphatic carbocycles. The van der Waals surface area contributed by atoms with E-state index in [9.17, 15) is 4.79 Å². The second-order valence-electron chi connectivity index (χ2n) is 1.82. The molecule has 1 heterocycles. The minimum atomic E-state index is -0.803. The van der Waals surface area contributed by atoms with Gasteiger partial charge in [0.05, 0.1) is 0 Å². The Hall–Kier alpha value is -0.0578. The molecule has 1 aromatic heterocycles. The van der Waals surface area contributed by atoms with E-state index in [0.29, 0.717) is 0 Å². The van der Waals surface area contributed by atoms with Crippen molar-refractivity contribution in [3.8, 4) is 0 Å². The molecule has 1 aromatic rings. The molecule has 6 nitrogen and oxygen atoms in total. The van der Waals surface area contributed by atoms with Crippen molar-refractivity contribution in [2.45, 2.75) is 7.43 Å². The summed E-state index contributed by atoms with van der Waals surface area (Å²) in [5.74, 6) is -1.31. The van der Waals surface area contributed by atoms with E-state index in [2.05, 4.69) is 9.97 Å². The minimum absolute atomic E-state index is 0. The van der Waals surface area contributed by atoms with E-state index in [4.69, 9.17) is 17.2 Å². The molecule has 0 saturated carbocycles. The number of carbonyl (C=O) groups is 1. The first-order valence-electron chi connectivity index (χ1n) is 2.71. The van der Waals surface area contributed by atoms with Crippen molar-refractivity contribution in [1.82, 2.24) is 9.97 Å². The molecule has 14 heavy (non-hydrogen) atoms. The van der Waals surface area contributed by atoms with Crippen LogP contribution in [0.15, 0.2) is 6.20 Å². The Morgan fingerprint density at radius 1 is 1.43 bits per heavy atom. The fraction of sp³-hybridized carbons (Fsp3) is 0.167. The zero-order valence-corrected chi connectivity index (χ0v) is 12.2. The summed E-state index contributed by atoms with van der Waals surface area (Å²) in [4.78, 5) is 17.3. The molecule has 0 bridgehead atoms. The number of amides is 1. The van der Waals surface area contributed by atoms with Gasteiger partial charge < -0.3 is 22.2 Å². The molecule has 0 aliphatic heterocycles. The van der Waals surface area contributed by atoms with E-state index < -0.39 is 5.91 Å². The van der Waals surface area contributed by atoms with Crippen molar-refractivity contribution in [1.29, 1.82) is 0 Å². The Balaban J connectivity index is -0.000000403. The summed E-state index contributed by atoms with van der Waals surface area (Å²) < 4.78 is 0. The monoisotopic (exact) mass is 440 g/mol. The standard InChI is InChI=1S/C5H6N5O.CH4.W.Y/c6-2-1-9-3(5(8)11)4(7)10-2;;;/h1H,(H5-,6,7,8,10,11);1H4;;/q-1;;;/p-1. The summed E-state index contributed by atoms with van der Waals surface area (Å²) in [6, 6.07) is 0. The van der Waals surface area contributed by atoms with Crippen molar-refractivity contribution >= 4 is 17.5 Å². The van der Waals surface area contributed by atoms with Crippen molar-refractivity contribution in [3.05, 3.63) is 23.4 Å². The summed E-state index contributed by atoms with van der Waals surface area (Å²) in [5.41, 5.74) is 18.6. The van der Waals surface area contributed by atoms with Gasteiger partial charge in [0, 0.05) is 60.0 Å². The van der Waals surface area contributed by atoms with Crippen LogP contribution in [0.25, 0.3) is 11.5 Å². The molecule has 75 valence electrons. The fourth-order valence-electron chi connectivity index (χ4n) is 0.569. The molecule has 0 atom stereocenters. The summed E-state index contributed by atoms with van der Waals surface area (Å²) in [5, 5.41) is 0. The van der Waals surface area contributed by atoms with E-state index in [0.717, 1.165) is 6.20 Å². The molecule has 8 heteroatoms. The van der Waals surface area contributed by atoms with E-state index >= 15 is 0 Å². The van der Waals surface area contributed by atoms with Crippen molar-refractivity contribution in [3.63, 3.8) is 0 Å². The average Bonchev–Trinajstić information content (AvgIpc) is 1.85. The third kappa shape index (κ3) is 4.98. The second kappa shape index (κ2) is 8.27. The Morgan fingerprint density at radius 2 is 1.93 bits per heavy atom. The summed E-state index contributed by atoms with van der Waals surface area (Å²) in [7, 11) is 0. The van der Waals surface area contributed by atoms with Gasteiger partial charge in [-0.15, -0.1) is 0 Å². The predicted molar refractivity (Wildman–Crippen MR) is 45.2 cm³/mol. The molecule has 0 aliphatic rings. The number of nitrogens with two attached hydrogens (primary N) is 1. The SMILES string of the molecule is C.[NH-]c1cnc(C(N)=O)c([NH-])n1.[W].[Y]. The number of hydrogen-bond acceptors (Lipinski definition) is 3. The number of rotatable bonds is 1. The van der Waals surface area contributed by atoms with Crippen LogP contribution in [-0.2, 0) is 53.8 Å². The van der Waals surface area contributed by atoms with Crippen LogP contribution in [0.4, 0.5) is 11.6 Å². The Bertz CT molecular complexity index is 308. The normalized spacial score (nSPS) is 7.43. The number of carbonyl (C=O) groups excluding carboxylic acids is 1. The third-order valence-corrected chi connectivity index (χ3v) is 1.01. The molecular weight excluding hydrogens is 431 g/mol. The van der Waals surface area contributed by atoms with Crippen LogP contribution in [-0.4, -0.2) is 15.9 Å². The van der Waals surface area contributed by atoms with Crippen molar-refractivity contribution in [2.75, 3.05) is 0 Å². The molecule has 0 unspecified atom stereocenters. The van der Waals surface area contributed by atoms with E-state index in [-0.39, 0.29) is 78.5 Å².